The maximum Gasteiger partial charge on any atom is 0.225 e. The van der Waals surface area contributed by atoms with Crippen LogP contribution in [0.3, 0.4) is 0 Å². The molecule has 34 heavy (non-hydrogen) atoms. The Morgan fingerprint density at radius 1 is 1.03 bits per heavy atom. The van der Waals surface area contributed by atoms with Crippen LogP contribution in [-0.4, -0.2) is 83.6 Å². The molecule has 0 aromatic heterocycles. The average molecular weight is 487 g/mol. The Morgan fingerprint density at radius 2 is 1.82 bits per heavy atom. The SMILES string of the molecule is CC1=NN(C2CC2)C2CC(C3=CC(NC4CCC(Cl)CC4)C=NC(N4CCOCC4)=N3)CCC12. The van der Waals surface area contributed by atoms with Crippen molar-refractivity contribution in [3.8, 4) is 0 Å². The van der Waals surface area contributed by atoms with Crippen molar-refractivity contribution >= 4 is 29.5 Å². The minimum Gasteiger partial charge on any atom is -0.378 e. The Balaban J connectivity index is 1.22. The van der Waals surface area contributed by atoms with Gasteiger partial charge in [-0.25, -0.2) is 9.98 Å². The topological polar surface area (TPSA) is 64.8 Å². The minimum atomic E-state index is 0.119. The van der Waals surface area contributed by atoms with Gasteiger partial charge >= 0.3 is 0 Å². The molecule has 1 saturated heterocycles. The molecule has 4 fully saturated rings. The molecule has 3 saturated carbocycles. The molecule has 4 unspecified atom stereocenters. The van der Waals surface area contributed by atoms with E-state index in [0.717, 1.165) is 64.4 Å². The Morgan fingerprint density at radius 3 is 2.59 bits per heavy atom. The van der Waals surface area contributed by atoms with Crippen LogP contribution in [0.15, 0.2) is 26.9 Å². The molecule has 0 spiro atoms. The van der Waals surface area contributed by atoms with Crippen molar-refractivity contribution in [1.29, 1.82) is 0 Å². The summed E-state index contributed by atoms with van der Waals surface area (Å²) in [4.78, 5) is 12.4. The molecular weight excluding hydrogens is 448 g/mol. The number of nitrogens with one attached hydrogen (secondary N) is 1. The molecule has 3 aliphatic carbocycles. The molecule has 0 aromatic carbocycles. The summed E-state index contributed by atoms with van der Waals surface area (Å²) in [5.41, 5.74) is 2.57. The quantitative estimate of drug-likeness (QED) is 0.614. The molecule has 3 heterocycles. The van der Waals surface area contributed by atoms with Crippen molar-refractivity contribution in [3.05, 3.63) is 11.8 Å². The average Bonchev–Trinajstić information content (AvgIpc) is 3.68. The molecule has 186 valence electrons. The first-order valence-electron chi connectivity index (χ1n) is 13.5. The number of rotatable bonds is 4. The lowest BCUT2D eigenvalue weighted by atomic mass is 9.75. The molecule has 0 aromatic rings. The zero-order chi connectivity index (χ0) is 23.1. The van der Waals surface area contributed by atoms with Gasteiger partial charge in [0.2, 0.25) is 5.96 Å². The number of hydrogen-bond donors (Lipinski definition) is 1. The predicted molar refractivity (Wildman–Crippen MR) is 138 cm³/mol. The second-order valence-corrected chi connectivity index (χ2v) is 11.7. The van der Waals surface area contributed by atoms with E-state index in [9.17, 15) is 0 Å². The first kappa shape index (κ1) is 23.0. The molecule has 1 N–H and O–H groups in total. The van der Waals surface area contributed by atoms with Crippen molar-refractivity contribution in [2.45, 2.75) is 94.3 Å². The second-order valence-electron chi connectivity index (χ2n) is 11.1. The number of guanidine groups is 1. The molecule has 0 amide bonds. The number of alkyl halides is 1. The zero-order valence-electron chi connectivity index (χ0n) is 20.4. The fourth-order valence-electron chi connectivity index (χ4n) is 6.50. The van der Waals surface area contributed by atoms with Crippen molar-refractivity contribution in [3.63, 3.8) is 0 Å². The van der Waals surface area contributed by atoms with Crippen LogP contribution in [0.25, 0.3) is 0 Å². The van der Waals surface area contributed by atoms with Gasteiger partial charge in [0, 0.05) is 60.0 Å². The summed E-state index contributed by atoms with van der Waals surface area (Å²) < 4.78 is 5.59. The lowest BCUT2D eigenvalue weighted by Gasteiger charge is -2.36. The number of morpholine rings is 1. The first-order chi connectivity index (χ1) is 16.6. The van der Waals surface area contributed by atoms with E-state index in [0.29, 0.717) is 35.3 Å². The number of hydrazone groups is 1. The summed E-state index contributed by atoms with van der Waals surface area (Å²) in [6.07, 6.45) is 15.1. The second kappa shape index (κ2) is 9.90. The van der Waals surface area contributed by atoms with Gasteiger partial charge in [-0.05, 0) is 70.8 Å². The molecular formula is C26H39ClN6O. The van der Waals surface area contributed by atoms with E-state index in [4.69, 9.17) is 31.4 Å². The maximum absolute atomic E-state index is 6.36. The van der Waals surface area contributed by atoms with E-state index in [1.807, 2.05) is 0 Å². The van der Waals surface area contributed by atoms with Gasteiger partial charge in [-0.1, -0.05) is 0 Å². The highest BCUT2D eigenvalue weighted by Crippen LogP contribution is 2.44. The van der Waals surface area contributed by atoms with Crippen LogP contribution in [0.5, 0.6) is 0 Å². The number of nitrogens with zero attached hydrogens (tertiary/aromatic N) is 5. The van der Waals surface area contributed by atoms with E-state index in [1.165, 1.54) is 37.1 Å². The smallest absolute Gasteiger partial charge is 0.225 e. The van der Waals surface area contributed by atoms with Crippen LogP contribution in [-0.2, 0) is 4.74 Å². The summed E-state index contributed by atoms with van der Waals surface area (Å²) in [6, 6.07) is 1.84. The van der Waals surface area contributed by atoms with Gasteiger partial charge in [0.15, 0.2) is 0 Å². The molecule has 0 bridgehead atoms. The van der Waals surface area contributed by atoms with Crippen LogP contribution < -0.4 is 5.32 Å². The van der Waals surface area contributed by atoms with Crippen LogP contribution in [0.2, 0.25) is 0 Å². The Kier molecular flexibility index (Phi) is 6.69. The Hall–Kier alpha value is -1.44. The third-order valence-electron chi connectivity index (χ3n) is 8.61. The molecule has 4 atom stereocenters. The van der Waals surface area contributed by atoms with E-state index in [1.54, 1.807) is 0 Å². The summed E-state index contributed by atoms with van der Waals surface area (Å²) in [5, 5.41) is 11.7. The van der Waals surface area contributed by atoms with E-state index in [-0.39, 0.29) is 6.04 Å². The predicted octanol–water partition coefficient (Wildman–Crippen LogP) is 3.79. The fraction of sp³-hybridized carbons (Fsp3) is 0.808. The van der Waals surface area contributed by atoms with Gasteiger partial charge in [-0.15, -0.1) is 11.6 Å². The molecule has 7 nitrogen and oxygen atoms in total. The standard InChI is InChI=1S/C26H39ClN6O/c1-17-23-9-2-18(14-25(23)33(31-17)22-7-8-22)24-15-21(29-20-5-3-19(27)4-6-20)16-28-26(30-24)32-10-12-34-13-11-32/h15-16,18-23,25,29H,2-14H2,1H3. The van der Waals surface area contributed by atoms with Crippen molar-refractivity contribution in [2.75, 3.05) is 26.3 Å². The number of allylic oxidation sites excluding steroid dienone is 1. The van der Waals surface area contributed by atoms with Gasteiger partial charge in [-0.2, -0.15) is 5.10 Å². The number of hydrogen-bond acceptors (Lipinski definition) is 7. The van der Waals surface area contributed by atoms with E-state index < -0.39 is 0 Å². The normalized spacial score (nSPS) is 38.7. The number of fused-ring (bicyclic) bond motifs is 1. The number of aliphatic imine (C=N–C) groups is 2. The third kappa shape index (κ3) is 4.93. The maximum atomic E-state index is 6.36. The van der Waals surface area contributed by atoms with Crippen LogP contribution in [0, 0.1) is 11.8 Å². The fourth-order valence-corrected chi connectivity index (χ4v) is 6.75. The summed E-state index contributed by atoms with van der Waals surface area (Å²) >= 11 is 6.36. The highest BCUT2D eigenvalue weighted by molar-refractivity contribution is 6.20. The largest absolute Gasteiger partial charge is 0.378 e. The highest BCUT2D eigenvalue weighted by Gasteiger charge is 2.46. The van der Waals surface area contributed by atoms with Gasteiger partial charge in [0.1, 0.15) is 0 Å². The molecule has 6 rings (SSSR count). The van der Waals surface area contributed by atoms with Gasteiger partial charge in [-0.3, -0.25) is 5.01 Å². The Bertz CT molecular complexity index is 869. The summed E-state index contributed by atoms with van der Waals surface area (Å²) in [6.45, 7) is 5.45. The lowest BCUT2D eigenvalue weighted by molar-refractivity contribution is 0.0675. The van der Waals surface area contributed by atoms with Crippen LogP contribution in [0.1, 0.15) is 64.7 Å². The number of halogens is 1. The van der Waals surface area contributed by atoms with Gasteiger partial charge < -0.3 is 15.0 Å². The molecule has 6 aliphatic rings. The zero-order valence-corrected chi connectivity index (χ0v) is 21.2. The summed E-state index contributed by atoms with van der Waals surface area (Å²) in [5.74, 6) is 1.95. The third-order valence-corrected chi connectivity index (χ3v) is 9.05. The lowest BCUT2D eigenvalue weighted by Crippen LogP contribution is -2.42. The van der Waals surface area contributed by atoms with Crippen LogP contribution >= 0.6 is 11.6 Å². The first-order valence-corrected chi connectivity index (χ1v) is 14.0. The van der Waals surface area contributed by atoms with Gasteiger partial charge in [0.25, 0.3) is 0 Å². The molecule has 0 radical (unpaired) electrons. The van der Waals surface area contributed by atoms with E-state index in [2.05, 4.69) is 34.4 Å². The minimum absolute atomic E-state index is 0.119. The van der Waals surface area contributed by atoms with Crippen molar-refractivity contribution < 1.29 is 4.74 Å². The molecule has 3 aliphatic heterocycles. The van der Waals surface area contributed by atoms with Crippen molar-refractivity contribution in [1.82, 2.24) is 15.2 Å². The van der Waals surface area contributed by atoms with E-state index >= 15 is 0 Å². The van der Waals surface area contributed by atoms with Gasteiger partial charge in [0.05, 0.1) is 25.3 Å². The van der Waals surface area contributed by atoms with Crippen LogP contribution in [0.4, 0.5) is 0 Å². The monoisotopic (exact) mass is 486 g/mol. The molecule has 8 heteroatoms. The van der Waals surface area contributed by atoms with Crippen molar-refractivity contribution in [2.24, 2.45) is 26.9 Å². The number of ether oxygens (including phenoxy) is 1. The summed E-state index contributed by atoms with van der Waals surface area (Å²) in [7, 11) is 0. The Labute approximate surface area is 208 Å². The highest BCUT2D eigenvalue weighted by atomic mass is 35.5.